The summed E-state index contributed by atoms with van der Waals surface area (Å²) >= 11 is 0. The molecule has 22 heavy (non-hydrogen) atoms. The van der Waals surface area contributed by atoms with Crippen molar-refractivity contribution in [3.05, 3.63) is 70.1 Å². The summed E-state index contributed by atoms with van der Waals surface area (Å²) in [6.45, 7) is 2.05. The normalized spacial score (nSPS) is 21.2. The van der Waals surface area contributed by atoms with Crippen molar-refractivity contribution < 1.29 is 4.79 Å². The molecule has 1 saturated carbocycles. The lowest BCUT2D eigenvalue weighted by atomic mass is 10.1. The fourth-order valence-electron chi connectivity index (χ4n) is 2.98. The van der Waals surface area contributed by atoms with Gasteiger partial charge in [-0.2, -0.15) is 0 Å². The van der Waals surface area contributed by atoms with Crippen molar-refractivity contribution in [2.75, 3.05) is 0 Å². The second-order valence-electron chi connectivity index (χ2n) is 6.05. The second-order valence-corrected chi connectivity index (χ2v) is 6.05. The molecule has 0 aliphatic heterocycles. The van der Waals surface area contributed by atoms with Crippen LogP contribution in [0, 0.1) is 5.92 Å². The van der Waals surface area contributed by atoms with E-state index in [1.165, 1.54) is 16.2 Å². The highest BCUT2D eigenvalue weighted by Crippen LogP contribution is 2.49. The molecule has 0 spiro atoms. The van der Waals surface area contributed by atoms with Crippen molar-refractivity contribution in [3.8, 4) is 0 Å². The molecule has 1 aromatic carbocycles. The molecule has 4 nitrogen and oxygen atoms in total. The minimum absolute atomic E-state index is 0.115. The highest BCUT2D eigenvalue weighted by atomic mass is 16.2. The maximum absolute atomic E-state index is 12.3. The Bertz CT molecular complexity index is 736. The zero-order valence-electron chi connectivity index (χ0n) is 12.8. The maximum Gasteiger partial charge on any atom is 0.252 e. The number of hydrogen-bond acceptors (Lipinski definition) is 2. The summed E-state index contributed by atoms with van der Waals surface area (Å²) in [5.41, 5.74) is 1.75. The minimum Gasteiger partial charge on any atom is -0.349 e. The molecule has 0 saturated heterocycles. The SMILES string of the molecule is CC(NC(=O)c1ccc(=O)n(C)c1)C1CC1c1ccccc1. The average molecular weight is 296 g/mol. The lowest BCUT2D eigenvalue weighted by Gasteiger charge is -2.14. The van der Waals surface area contributed by atoms with Crippen LogP contribution in [0.2, 0.25) is 0 Å². The van der Waals surface area contributed by atoms with Crippen LogP contribution < -0.4 is 10.9 Å². The average Bonchev–Trinajstić information content (AvgIpc) is 3.31. The molecule has 0 radical (unpaired) electrons. The molecular weight excluding hydrogens is 276 g/mol. The van der Waals surface area contributed by atoms with Gasteiger partial charge in [0.25, 0.3) is 5.91 Å². The van der Waals surface area contributed by atoms with E-state index in [1.807, 2.05) is 13.0 Å². The number of nitrogens with zero attached hydrogens (tertiary/aromatic N) is 1. The number of pyridine rings is 1. The zero-order valence-corrected chi connectivity index (χ0v) is 12.8. The smallest absolute Gasteiger partial charge is 0.252 e. The van der Waals surface area contributed by atoms with Gasteiger partial charge in [-0.15, -0.1) is 0 Å². The standard InChI is InChI=1S/C18H20N2O2/c1-12(15-10-16(15)13-6-4-3-5-7-13)19-18(22)14-8-9-17(21)20(2)11-14/h3-9,11-12,15-16H,10H2,1-2H3,(H,19,22). The van der Waals surface area contributed by atoms with E-state index < -0.39 is 0 Å². The van der Waals surface area contributed by atoms with Crippen LogP contribution >= 0.6 is 0 Å². The van der Waals surface area contributed by atoms with Crippen LogP contribution in [0.5, 0.6) is 0 Å². The molecule has 3 rings (SSSR count). The van der Waals surface area contributed by atoms with Gasteiger partial charge < -0.3 is 9.88 Å². The third-order valence-electron chi connectivity index (χ3n) is 4.42. The van der Waals surface area contributed by atoms with E-state index in [-0.39, 0.29) is 17.5 Å². The Hall–Kier alpha value is -2.36. The van der Waals surface area contributed by atoms with Crippen LogP contribution in [0.4, 0.5) is 0 Å². The van der Waals surface area contributed by atoms with Crippen LogP contribution in [0.3, 0.4) is 0 Å². The summed E-state index contributed by atoms with van der Waals surface area (Å²) in [4.78, 5) is 23.6. The molecule has 114 valence electrons. The molecule has 1 amide bonds. The predicted molar refractivity (Wildman–Crippen MR) is 85.9 cm³/mol. The maximum atomic E-state index is 12.3. The van der Waals surface area contributed by atoms with E-state index in [9.17, 15) is 9.59 Å². The van der Waals surface area contributed by atoms with E-state index in [1.54, 1.807) is 19.3 Å². The molecule has 1 heterocycles. The molecule has 3 atom stereocenters. The number of aryl methyl sites for hydroxylation is 1. The Labute approximate surface area is 129 Å². The molecule has 4 heteroatoms. The van der Waals surface area contributed by atoms with Crippen molar-refractivity contribution in [2.45, 2.75) is 25.3 Å². The van der Waals surface area contributed by atoms with E-state index in [0.717, 1.165) is 6.42 Å². The van der Waals surface area contributed by atoms with Gasteiger partial charge in [0, 0.05) is 25.4 Å². The number of carbonyl (C=O) groups is 1. The summed E-state index contributed by atoms with van der Waals surface area (Å²) in [6.07, 6.45) is 2.69. The predicted octanol–water partition coefficient (Wildman–Crippen LogP) is 2.31. The Balaban J connectivity index is 1.63. The lowest BCUT2D eigenvalue weighted by molar-refractivity contribution is 0.0934. The Morgan fingerprint density at radius 1 is 1.23 bits per heavy atom. The fraction of sp³-hybridized carbons (Fsp3) is 0.333. The number of amides is 1. The summed E-state index contributed by atoms with van der Waals surface area (Å²) in [7, 11) is 1.65. The first-order chi connectivity index (χ1) is 10.6. The highest BCUT2D eigenvalue weighted by molar-refractivity contribution is 5.94. The second kappa shape index (κ2) is 5.79. The van der Waals surface area contributed by atoms with Crippen LogP contribution in [0.1, 0.15) is 35.2 Å². The van der Waals surface area contributed by atoms with E-state index in [0.29, 0.717) is 17.4 Å². The molecule has 0 bridgehead atoms. The van der Waals surface area contributed by atoms with Crippen LogP contribution in [-0.4, -0.2) is 16.5 Å². The van der Waals surface area contributed by atoms with Gasteiger partial charge in [0.15, 0.2) is 0 Å². The van der Waals surface area contributed by atoms with Gasteiger partial charge in [0.2, 0.25) is 5.56 Å². The molecule has 3 unspecified atom stereocenters. The van der Waals surface area contributed by atoms with Gasteiger partial charge in [-0.05, 0) is 36.8 Å². The molecule has 1 fully saturated rings. The summed E-state index contributed by atoms with van der Waals surface area (Å²) in [5, 5.41) is 3.05. The topological polar surface area (TPSA) is 51.1 Å². The van der Waals surface area contributed by atoms with Gasteiger partial charge in [0.1, 0.15) is 0 Å². The lowest BCUT2D eigenvalue weighted by Crippen LogP contribution is -2.35. The first-order valence-corrected chi connectivity index (χ1v) is 7.59. The largest absolute Gasteiger partial charge is 0.349 e. The Morgan fingerprint density at radius 3 is 2.64 bits per heavy atom. The Morgan fingerprint density at radius 2 is 1.95 bits per heavy atom. The van der Waals surface area contributed by atoms with Crippen molar-refractivity contribution in [1.29, 1.82) is 0 Å². The zero-order chi connectivity index (χ0) is 15.7. The number of carbonyl (C=O) groups excluding carboxylic acids is 1. The van der Waals surface area contributed by atoms with Gasteiger partial charge in [-0.25, -0.2) is 0 Å². The Kier molecular flexibility index (Phi) is 3.84. The third kappa shape index (κ3) is 2.96. The van der Waals surface area contributed by atoms with Crippen molar-refractivity contribution >= 4 is 5.91 Å². The molecule has 1 aliphatic carbocycles. The van der Waals surface area contributed by atoms with E-state index in [2.05, 4.69) is 29.6 Å². The van der Waals surface area contributed by atoms with Gasteiger partial charge in [-0.1, -0.05) is 30.3 Å². The minimum atomic E-state index is -0.123. The first kappa shape index (κ1) is 14.6. The molecule has 1 N–H and O–H groups in total. The number of rotatable bonds is 4. The number of aromatic nitrogens is 1. The summed E-state index contributed by atoms with van der Waals surface area (Å²) < 4.78 is 1.42. The summed E-state index contributed by atoms with van der Waals surface area (Å²) in [6, 6.07) is 13.5. The number of benzene rings is 1. The monoisotopic (exact) mass is 296 g/mol. The van der Waals surface area contributed by atoms with Crippen LogP contribution in [-0.2, 0) is 7.05 Å². The van der Waals surface area contributed by atoms with Crippen molar-refractivity contribution in [2.24, 2.45) is 13.0 Å². The summed E-state index contributed by atoms with van der Waals surface area (Å²) in [5.74, 6) is 0.900. The van der Waals surface area contributed by atoms with Crippen LogP contribution in [0.15, 0.2) is 53.5 Å². The van der Waals surface area contributed by atoms with E-state index in [4.69, 9.17) is 0 Å². The van der Waals surface area contributed by atoms with Gasteiger partial charge in [0.05, 0.1) is 5.56 Å². The number of nitrogens with one attached hydrogen (secondary N) is 1. The van der Waals surface area contributed by atoms with Gasteiger partial charge >= 0.3 is 0 Å². The molecule has 2 aromatic rings. The number of hydrogen-bond donors (Lipinski definition) is 1. The molecular formula is C18H20N2O2. The molecule has 1 aromatic heterocycles. The first-order valence-electron chi connectivity index (χ1n) is 7.59. The molecule has 1 aliphatic rings. The van der Waals surface area contributed by atoms with Crippen molar-refractivity contribution in [3.63, 3.8) is 0 Å². The van der Waals surface area contributed by atoms with Crippen molar-refractivity contribution in [1.82, 2.24) is 9.88 Å². The fourth-order valence-corrected chi connectivity index (χ4v) is 2.98. The van der Waals surface area contributed by atoms with Gasteiger partial charge in [-0.3, -0.25) is 9.59 Å². The third-order valence-corrected chi connectivity index (χ3v) is 4.42. The van der Waals surface area contributed by atoms with E-state index >= 15 is 0 Å². The quantitative estimate of drug-likeness (QED) is 0.941. The van der Waals surface area contributed by atoms with Crippen LogP contribution in [0.25, 0.3) is 0 Å². The highest BCUT2D eigenvalue weighted by Gasteiger charge is 2.42.